The smallest absolute Gasteiger partial charge is 0.283 e. The maximum atomic E-state index is 4.36. The lowest BCUT2D eigenvalue weighted by Gasteiger charge is -2.00. The van der Waals surface area contributed by atoms with Gasteiger partial charge in [-0.05, 0) is 5.56 Å². The number of aromatic amines is 2. The molecule has 0 radical (unpaired) electrons. The van der Waals surface area contributed by atoms with Crippen LogP contribution in [0.3, 0.4) is 0 Å². The molecule has 3 rings (SSSR count). The highest BCUT2D eigenvalue weighted by atomic mass is 15.3. The quantitative estimate of drug-likeness (QED) is 0.734. The van der Waals surface area contributed by atoms with Crippen molar-refractivity contribution in [3.8, 4) is 11.4 Å². The molecule has 6 heteroatoms. The Morgan fingerprint density at radius 3 is 2.89 bits per heavy atom. The molecule has 0 saturated carbocycles. The number of hydrogen-bond acceptors (Lipinski definition) is 4. The normalized spacial score (nSPS) is 10.3. The molecule has 0 aliphatic carbocycles. The molecule has 2 aromatic heterocycles. The Balaban J connectivity index is 1.69. The zero-order valence-corrected chi connectivity index (χ0v) is 10.2. The molecule has 0 saturated heterocycles. The Hall–Kier alpha value is -2.76. The molecular formula is C13H13N6+. The van der Waals surface area contributed by atoms with Gasteiger partial charge in [0.25, 0.3) is 6.33 Å². The first-order chi connectivity index (χ1) is 9.42. The van der Waals surface area contributed by atoms with E-state index in [0.717, 1.165) is 5.56 Å². The highest BCUT2D eigenvalue weighted by Gasteiger charge is 2.07. The summed E-state index contributed by atoms with van der Waals surface area (Å²) in [5, 5.41) is 10.2. The van der Waals surface area contributed by atoms with Gasteiger partial charge in [0, 0.05) is 6.54 Å². The predicted octanol–water partition coefficient (Wildman–Crippen LogP) is 1.29. The van der Waals surface area contributed by atoms with E-state index in [1.807, 2.05) is 24.4 Å². The second-order valence-electron chi connectivity index (χ2n) is 4.02. The topological polar surface area (TPSA) is 80.6 Å². The molecule has 19 heavy (non-hydrogen) atoms. The highest BCUT2D eigenvalue weighted by Crippen LogP contribution is 2.12. The van der Waals surface area contributed by atoms with Crippen molar-refractivity contribution in [3.05, 3.63) is 54.6 Å². The number of aromatic nitrogens is 5. The zero-order chi connectivity index (χ0) is 12.9. The Morgan fingerprint density at radius 2 is 2.11 bits per heavy atom. The number of rotatable bonds is 4. The molecule has 2 heterocycles. The van der Waals surface area contributed by atoms with E-state index >= 15 is 0 Å². The van der Waals surface area contributed by atoms with Gasteiger partial charge in [-0.2, -0.15) is 4.98 Å². The summed E-state index contributed by atoms with van der Waals surface area (Å²) in [5.41, 5.74) is 2.05. The Bertz CT molecular complexity index is 635. The molecule has 1 aromatic carbocycles. The monoisotopic (exact) mass is 253 g/mol. The molecule has 3 N–H and O–H groups in total. The van der Waals surface area contributed by atoms with Crippen LogP contribution in [-0.2, 0) is 6.54 Å². The predicted molar refractivity (Wildman–Crippen MR) is 69.9 cm³/mol. The van der Waals surface area contributed by atoms with Gasteiger partial charge in [0.1, 0.15) is 11.8 Å². The number of hydrogen-bond donors (Lipinski definition) is 2. The van der Waals surface area contributed by atoms with E-state index in [0.29, 0.717) is 18.3 Å². The molecule has 6 nitrogen and oxygen atoms in total. The minimum Gasteiger partial charge on any atom is -0.349 e. The molecule has 0 atom stereocenters. The van der Waals surface area contributed by atoms with Gasteiger partial charge in [0.15, 0.2) is 12.0 Å². The van der Waals surface area contributed by atoms with Crippen LogP contribution in [0.2, 0.25) is 0 Å². The van der Waals surface area contributed by atoms with E-state index in [1.54, 1.807) is 12.5 Å². The van der Waals surface area contributed by atoms with Crippen LogP contribution in [0, 0.1) is 0 Å². The van der Waals surface area contributed by atoms with E-state index in [1.165, 1.54) is 5.56 Å². The molecule has 94 valence electrons. The van der Waals surface area contributed by atoms with Gasteiger partial charge >= 0.3 is 0 Å². The van der Waals surface area contributed by atoms with E-state index in [4.69, 9.17) is 0 Å². The molecule has 0 bridgehead atoms. The second kappa shape index (κ2) is 5.26. The van der Waals surface area contributed by atoms with Crippen LogP contribution in [0.15, 0.2) is 49.1 Å². The summed E-state index contributed by atoms with van der Waals surface area (Å²) in [4.78, 5) is 11.3. The SMILES string of the molecule is c1ccc(CNc2n[nH]c(-c3cnc[nH+]c3)n2)cc1. The average molecular weight is 253 g/mol. The summed E-state index contributed by atoms with van der Waals surface area (Å²) in [6, 6.07) is 10.1. The lowest BCUT2D eigenvalue weighted by molar-refractivity contribution is -0.382. The van der Waals surface area contributed by atoms with E-state index in [9.17, 15) is 0 Å². The minimum atomic E-state index is 0.572. The van der Waals surface area contributed by atoms with Gasteiger partial charge in [0.05, 0.1) is 0 Å². The second-order valence-corrected chi connectivity index (χ2v) is 4.02. The van der Waals surface area contributed by atoms with Crippen molar-refractivity contribution in [1.82, 2.24) is 20.2 Å². The van der Waals surface area contributed by atoms with E-state index in [-0.39, 0.29) is 0 Å². The number of H-pyrrole nitrogens is 2. The largest absolute Gasteiger partial charge is 0.349 e. The van der Waals surface area contributed by atoms with Crippen molar-refractivity contribution >= 4 is 5.95 Å². The van der Waals surface area contributed by atoms with Gasteiger partial charge in [0.2, 0.25) is 5.95 Å². The molecule has 0 amide bonds. The molecule has 3 aromatic rings. The Labute approximate surface area is 110 Å². The van der Waals surface area contributed by atoms with Crippen molar-refractivity contribution in [2.45, 2.75) is 6.54 Å². The molecule has 0 aliphatic heterocycles. The Kier molecular flexibility index (Phi) is 3.14. The van der Waals surface area contributed by atoms with Crippen LogP contribution >= 0.6 is 0 Å². The summed E-state index contributed by atoms with van der Waals surface area (Å²) in [6.45, 7) is 0.692. The zero-order valence-electron chi connectivity index (χ0n) is 10.2. The van der Waals surface area contributed by atoms with E-state index < -0.39 is 0 Å². The summed E-state index contributed by atoms with van der Waals surface area (Å²) in [6.07, 6.45) is 5.14. The summed E-state index contributed by atoms with van der Waals surface area (Å²) >= 11 is 0. The minimum absolute atomic E-state index is 0.572. The van der Waals surface area contributed by atoms with Crippen molar-refractivity contribution in [2.75, 3.05) is 5.32 Å². The van der Waals surface area contributed by atoms with Crippen LogP contribution in [0.4, 0.5) is 5.95 Å². The van der Waals surface area contributed by atoms with Crippen molar-refractivity contribution < 1.29 is 4.98 Å². The lowest BCUT2D eigenvalue weighted by Crippen LogP contribution is -2.02. The van der Waals surface area contributed by atoms with E-state index in [2.05, 4.69) is 42.6 Å². The molecule has 0 fully saturated rings. The molecule has 0 spiro atoms. The van der Waals surface area contributed by atoms with Crippen molar-refractivity contribution in [1.29, 1.82) is 0 Å². The fourth-order valence-corrected chi connectivity index (χ4v) is 1.70. The highest BCUT2D eigenvalue weighted by molar-refractivity contribution is 5.52. The maximum absolute atomic E-state index is 4.36. The number of benzene rings is 1. The fourth-order valence-electron chi connectivity index (χ4n) is 1.70. The molecular weight excluding hydrogens is 240 g/mol. The number of nitrogens with zero attached hydrogens (tertiary/aromatic N) is 3. The average Bonchev–Trinajstić information content (AvgIpc) is 2.96. The Morgan fingerprint density at radius 1 is 1.21 bits per heavy atom. The molecule has 0 unspecified atom stereocenters. The first-order valence-corrected chi connectivity index (χ1v) is 5.93. The van der Waals surface area contributed by atoms with Crippen LogP contribution in [0.1, 0.15) is 5.56 Å². The number of anilines is 1. The summed E-state index contributed by atoms with van der Waals surface area (Å²) in [7, 11) is 0. The third kappa shape index (κ3) is 2.74. The van der Waals surface area contributed by atoms with Crippen molar-refractivity contribution in [3.63, 3.8) is 0 Å². The summed E-state index contributed by atoms with van der Waals surface area (Å²) < 4.78 is 0. The first-order valence-electron chi connectivity index (χ1n) is 5.93. The standard InChI is InChI=1S/C13H12N6/c1-2-4-10(5-3-1)6-16-13-17-12(18-19-13)11-7-14-9-15-8-11/h1-5,7-9H,6H2,(H2,16,17,18,19)/p+1. The van der Waals surface area contributed by atoms with Gasteiger partial charge in [-0.1, -0.05) is 35.3 Å². The van der Waals surface area contributed by atoms with Crippen molar-refractivity contribution in [2.24, 2.45) is 0 Å². The first kappa shape index (κ1) is 11.3. The maximum Gasteiger partial charge on any atom is 0.283 e. The van der Waals surface area contributed by atoms with Gasteiger partial charge in [-0.3, -0.25) is 5.10 Å². The van der Waals surface area contributed by atoms with Gasteiger partial charge in [-0.25, -0.2) is 4.98 Å². The van der Waals surface area contributed by atoms with Crippen LogP contribution in [-0.4, -0.2) is 20.2 Å². The third-order valence-corrected chi connectivity index (χ3v) is 2.65. The fraction of sp³-hybridized carbons (Fsp3) is 0.0769. The summed E-state index contributed by atoms with van der Waals surface area (Å²) in [5.74, 6) is 1.25. The van der Waals surface area contributed by atoms with Crippen LogP contribution in [0.5, 0.6) is 0 Å². The third-order valence-electron chi connectivity index (χ3n) is 2.65. The van der Waals surface area contributed by atoms with Gasteiger partial charge in [-0.15, -0.1) is 5.10 Å². The van der Waals surface area contributed by atoms with Crippen LogP contribution in [0.25, 0.3) is 11.4 Å². The number of nitrogens with one attached hydrogen (secondary N) is 3. The van der Waals surface area contributed by atoms with Gasteiger partial charge < -0.3 is 5.32 Å². The molecule has 0 aliphatic rings. The lowest BCUT2D eigenvalue weighted by atomic mass is 10.2. The van der Waals surface area contributed by atoms with Crippen LogP contribution < -0.4 is 10.3 Å².